The van der Waals surface area contributed by atoms with Gasteiger partial charge in [-0.25, -0.2) is 4.79 Å². The molecule has 0 aliphatic heterocycles. The Labute approximate surface area is 93.0 Å². The minimum absolute atomic E-state index is 0.0208. The van der Waals surface area contributed by atoms with Crippen molar-refractivity contribution in [2.75, 3.05) is 6.54 Å². The molecule has 0 aromatic rings. The highest BCUT2D eigenvalue weighted by molar-refractivity contribution is 5.74. The lowest BCUT2D eigenvalue weighted by atomic mass is 9.99. The second kappa shape index (κ2) is 6.70. The van der Waals surface area contributed by atoms with Gasteiger partial charge < -0.3 is 10.6 Å². The Bertz CT molecular complexity index is 190. The van der Waals surface area contributed by atoms with Gasteiger partial charge in [-0.2, -0.15) is 0 Å². The van der Waals surface area contributed by atoms with Crippen LogP contribution in [-0.4, -0.2) is 18.6 Å². The SMILES string of the molecule is CCCCC(CC)CNC(=O)NC1CC1. The van der Waals surface area contributed by atoms with Gasteiger partial charge in [0.25, 0.3) is 0 Å². The summed E-state index contributed by atoms with van der Waals surface area (Å²) < 4.78 is 0. The number of rotatable bonds is 7. The van der Waals surface area contributed by atoms with Crippen LogP contribution in [0.2, 0.25) is 0 Å². The zero-order valence-corrected chi connectivity index (χ0v) is 10.0. The van der Waals surface area contributed by atoms with E-state index >= 15 is 0 Å². The van der Waals surface area contributed by atoms with Crippen molar-refractivity contribution in [3.05, 3.63) is 0 Å². The van der Waals surface area contributed by atoms with E-state index in [0.29, 0.717) is 12.0 Å². The van der Waals surface area contributed by atoms with Gasteiger partial charge in [0.15, 0.2) is 0 Å². The van der Waals surface area contributed by atoms with E-state index in [-0.39, 0.29) is 6.03 Å². The van der Waals surface area contributed by atoms with E-state index < -0.39 is 0 Å². The lowest BCUT2D eigenvalue weighted by molar-refractivity contribution is 0.237. The van der Waals surface area contributed by atoms with E-state index in [2.05, 4.69) is 24.5 Å². The average molecular weight is 212 g/mol. The van der Waals surface area contributed by atoms with Crippen molar-refractivity contribution in [3.8, 4) is 0 Å². The molecule has 88 valence electrons. The molecular weight excluding hydrogens is 188 g/mol. The molecule has 3 heteroatoms. The summed E-state index contributed by atoms with van der Waals surface area (Å²) in [4.78, 5) is 11.4. The summed E-state index contributed by atoms with van der Waals surface area (Å²) in [6.45, 7) is 5.23. The maximum Gasteiger partial charge on any atom is 0.315 e. The molecule has 2 amide bonds. The van der Waals surface area contributed by atoms with Gasteiger partial charge in [-0.3, -0.25) is 0 Å². The molecule has 0 saturated heterocycles. The molecule has 0 spiro atoms. The summed E-state index contributed by atoms with van der Waals surface area (Å²) in [5.74, 6) is 0.648. The van der Waals surface area contributed by atoms with E-state index in [4.69, 9.17) is 0 Å². The predicted molar refractivity (Wildman–Crippen MR) is 62.9 cm³/mol. The largest absolute Gasteiger partial charge is 0.338 e. The zero-order valence-electron chi connectivity index (χ0n) is 10.0. The van der Waals surface area contributed by atoms with Gasteiger partial charge >= 0.3 is 6.03 Å². The average Bonchev–Trinajstić information content (AvgIpc) is 3.02. The molecular formula is C12H24N2O. The third-order valence-corrected chi connectivity index (χ3v) is 3.01. The summed E-state index contributed by atoms with van der Waals surface area (Å²) in [5.41, 5.74) is 0. The minimum atomic E-state index is 0.0208. The van der Waals surface area contributed by atoms with Crippen LogP contribution in [0.1, 0.15) is 52.4 Å². The molecule has 1 saturated carbocycles. The molecule has 1 aliphatic rings. The Morgan fingerprint density at radius 2 is 2.13 bits per heavy atom. The number of carbonyl (C=O) groups excluding carboxylic acids is 1. The molecule has 1 unspecified atom stereocenters. The molecule has 1 rings (SSSR count). The minimum Gasteiger partial charge on any atom is -0.338 e. The van der Waals surface area contributed by atoms with Gasteiger partial charge in [0.2, 0.25) is 0 Å². The van der Waals surface area contributed by atoms with Crippen LogP contribution < -0.4 is 10.6 Å². The lowest BCUT2D eigenvalue weighted by Crippen LogP contribution is -2.39. The first-order valence-electron chi connectivity index (χ1n) is 6.30. The van der Waals surface area contributed by atoms with E-state index in [1.54, 1.807) is 0 Å². The van der Waals surface area contributed by atoms with Gasteiger partial charge in [-0.1, -0.05) is 33.1 Å². The number of urea groups is 1. The van der Waals surface area contributed by atoms with E-state index in [0.717, 1.165) is 25.8 Å². The maximum absolute atomic E-state index is 11.4. The van der Waals surface area contributed by atoms with Crippen molar-refractivity contribution in [1.82, 2.24) is 10.6 Å². The number of nitrogens with one attached hydrogen (secondary N) is 2. The first-order valence-corrected chi connectivity index (χ1v) is 6.30. The predicted octanol–water partition coefficient (Wildman–Crippen LogP) is 2.66. The molecule has 0 bridgehead atoms. The quantitative estimate of drug-likeness (QED) is 0.669. The molecule has 3 nitrogen and oxygen atoms in total. The highest BCUT2D eigenvalue weighted by atomic mass is 16.2. The first kappa shape index (κ1) is 12.3. The Morgan fingerprint density at radius 3 is 2.67 bits per heavy atom. The number of amides is 2. The molecule has 1 atom stereocenters. The first-order chi connectivity index (χ1) is 7.26. The number of carbonyl (C=O) groups is 1. The normalized spacial score (nSPS) is 17.2. The van der Waals surface area contributed by atoms with Gasteiger partial charge in [0.1, 0.15) is 0 Å². The standard InChI is InChI=1S/C12H24N2O/c1-3-5-6-10(4-2)9-13-12(15)14-11-7-8-11/h10-11H,3-9H2,1-2H3,(H2,13,14,15). The van der Waals surface area contributed by atoms with Crippen LogP contribution in [0.3, 0.4) is 0 Å². The van der Waals surface area contributed by atoms with Crippen LogP contribution in [0.5, 0.6) is 0 Å². The third-order valence-electron chi connectivity index (χ3n) is 3.01. The van der Waals surface area contributed by atoms with Gasteiger partial charge in [-0.05, 0) is 25.2 Å². The fourth-order valence-electron chi connectivity index (χ4n) is 1.64. The fraction of sp³-hybridized carbons (Fsp3) is 0.917. The van der Waals surface area contributed by atoms with Crippen LogP contribution in [-0.2, 0) is 0 Å². The monoisotopic (exact) mass is 212 g/mol. The summed E-state index contributed by atoms with van der Waals surface area (Å²) in [5, 5.41) is 5.90. The molecule has 1 fully saturated rings. The van der Waals surface area contributed by atoms with Crippen molar-refractivity contribution < 1.29 is 4.79 Å². The Kier molecular flexibility index (Phi) is 5.51. The summed E-state index contributed by atoms with van der Waals surface area (Å²) >= 11 is 0. The second-order valence-corrected chi connectivity index (χ2v) is 4.55. The van der Waals surface area contributed by atoms with Crippen molar-refractivity contribution in [1.29, 1.82) is 0 Å². The molecule has 1 aliphatic carbocycles. The highest BCUT2D eigenvalue weighted by Crippen LogP contribution is 2.18. The van der Waals surface area contributed by atoms with Crippen LogP contribution >= 0.6 is 0 Å². The van der Waals surface area contributed by atoms with Crippen LogP contribution in [0.25, 0.3) is 0 Å². The maximum atomic E-state index is 11.4. The van der Waals surface area contributed by atoms with Gasteiger partial charge in [-0.15, -0.1) is 0 Å². The summed E-state index contributed by atoms with van der Waals surface area (Å²) in [6.07, 6.45) is 7.20. The van der Waals surface area contributed by atoms with E-state index in [9.17, 15) is 4.79 Å². The molecule has 0 aromatic carbocycles. The van der Waals surface area contributed by atoms with Crippen molar-refractivity contribution >= 4 is 6.03 Å². The fourth-order valence-corrected chi connectivity index (χ4v) is 1.64. The molecule has 0 heterocycles. The smallest absolute Gasteiger partial charge is 0.315 e. The molecule has 2 N–H and O–H groups in total. The lowest BCUT2D eigenvalue weighted by Gasteiger charge is -2.15. The summed E-state index contributed by atoms with van der Waals surface area (Å²) in [6, 6.07) is 0.480. The Hall–Kier alpha value is -0.730. The zero-order chi connectivity index (χ0) is 11.1. The second-order valence-electron chi connectivity index (χ2n) is 4.55. The number of hydrogen-bond donors (Lipinski definition) is 2. The van der Waals surface area contributed by atoms with Crippen molar-refractivity contribution in [2.45, 2.75) is 58.4 Å². The van der Waals surface area contributed by atoms with Crippen molar-refractivity contribution in [2.24, 2.45) is 5.92 Å². The van der Waals surface area contributed by atoms with Gasteiger partial charge in [0.05, 0.1) is 0 Å². The third kappa shape index (κ3) is 5.65. The van der Waals surface area contributed by atoms with Crippen LogP contribution in [0.15, 0.2) is 0 Å². The highest BCUT2D eigenvalue weighted by Gasteiger charge is 2.23. The van der Waals surface area contributed by atoms with E-state index in [1.165, 1.54) is 19.3 Å². The van der Waals surface area contributed by atoms with E-state index in [1.807, 2.05) is 0 Å². The molecule has 0 aromatic heterocycles. The van der Waals surface area contributed by atoms with Crippen LogP contribution in [0, 0.1) is 5.92 Å². The summed E-state index contributed by atoms with van der Waals surface area (Å²) in [7, 11) is 0. The van der Waals surface area contributed by atoms with Crippen LogP contribution in [0.4, 0.5) is 4.79 Å². The molecule has 15 heavy (non-hydrogen) atoms. The molecule has 0 radical (unpaired) electrons. The van der Waals surface area contributed by atoms with Gasteiger partial charge in [0, 0.05) is 12.6 Å². The Morgan fingerprint density at radius 1 is 1.40 bits per heavy atom. The number of unbranched alkanes of at least 4 members (excludes halogenated alkanes) is 1. The Balaban J connectivity index is 2.06. The topological polar surface area (TPSA) is 41.1 Å². The van der Waals surface area contributed by atoms with Crippen molar-refractivity contribution in [3.63, 3.8) is 0 Å². The number of hydrogen-bond acceptors (Lipinski definition) is 1.